The summed E-state index contributed by atoms with van der Waals surface area (Å²) in [5, 5.41) is 8.76. The maximum Gasteiger partial charge on any atom is 0.416 e. The number of nitrogens with zero attached hydrogens (tertiary/aromatic N) is 2. The van der Waals surface area contributed by atoms with Gasteiger partial charge < -0.3 is 9.64 Å². The molecule has 144 valence electrons. The number of benzene rings is 2. The highest BCUT2D eigenvalue weighted by Crippen LogP contribution is 2.33. The van der Waals surface area contributed by atoms with E-state index in [2.05, 4.69) is 0 Å². The van der Waals surface area contributed by atoms with Crippen LogP contribution in [0.5, 0.6) is 0 Å². The van der Waals surface area contributed by atoms with E-state index in [4.69, 9.17) is 10.00 Å². The minimum atomic E-state index is -4.52. The van der Waals surface area contributed by atoms with Crippen LogP contribution in [-0.4, -0.2) is 18.4 Å². The summed E-state index contributed by atoms with van der Waals surface area (Å²) in [5.41, 5.74) is 0.409. The number of halogens is 3. The molecule has 1 amide bonds. The third-order valence-electron chi connectivity index (χ3n) is 4.41. The number of esters is 1. The van der Waals surface area contributed by atoms with E-state index in [-0.39, 0.29) is 25.3 Å². The highest BCUT2D eigenvalue weighted by Gasteiger charge is 2.37. The number of nitriles is 1. The Morgan fingerprint density at radius 3 is 2.57 bits per heavy atom. The molecule has 5 nitrogen and oxygen atoms in total. The number of rotatable bonds is 4. The molecule has 0 aromatic heterocycles. The van der Waals surface area contributed by atoms with Crippen LogP contribution >= 0.6 is 0 Å². The monoisotopic (exact) mass is 388 g/mol. The van der Waals surface area contributed by atoms with Gasteiger partial charge in [-0.15, -0.1) is 0 Å². The predicted octanol–water partition coefficient (Wildman–Crippen LogP) is 3.67. The smallest absolute Gasteiger partial charge is 0.416 e. The Morgan fingerprint density at radius 2 is 1.93 bits per heavy atom. The molecule has 1 aliphatic rings. The number of hydrogen-bond donors (Lipinski definition) is 0. The number of hydrogen-bond acceptors (Lipinski definition) is 4. The van der Waals surface area contributed by atoms with E-state index in [0.717, 1.165) is 12.1 Å². The number of carbonyl (C=O) groups excluding carboxylic acids is 2. The van der Waals surface area contributed by atoms with Crippen molar-refractivity contribution < 1.29 is 27.5 Å². The van der Waals surface area contributed by atoms with Crippen LogP contribution < -0.4 is 4.90 Å². The van der Waals surface area contributed by atoms with Crippen molar-refractivity contribution >= 4 is 17.6 Å². The highest BCUT2D eigenvalue weighted by atomic mass is 19.4. The zero-order chi connectivity index (χ0) is 20.3. The molecule has 1 fully saturated rings. The lowest BCUT2D eigenvalue weighted by Crippen LogP contribution is -2.26. The second-order valence-corrected chi connectivity index (χ2v) is 6.37. The van der Waals surface area contributed by atoms with Crippen molar-refractivity contribution in [1.82, 2.24) is 0 Å². The largest absolute Gasteiger partial charge is 0.461 e. The summed E-state index contributed by atoms with van der Waals surface area (Å²) in [6, 6.07) is 12.9. The minimum Gasteiger partial charge on any atom is -0.461 e. The third kappa shape index (κ3) is 4.31. The molecule has 8 heteroatoms. The van der Waals surface area contributed by atoms with Crippen LogP contribution in [-0.2, 0) is 27.1 Å². The van der Waals surface area contributed by atoms with E-state index in [1.807, 2.05) is 6.07 Å². The lowest BCUT2D eigenvalue weighted by atomic mass is 10.1. The number of carbonyl (C=O) groups is 2. The van der Waals surface area contributed by atoms with Crippen LogP contribution in [0, 0.1) is 17.2 Å². The summed E-state index contributed by atoms with van der Waals surface area (Å²) < 4.78 is 43.8. The maximum atomic E-state index is 12.9. The number of ether oxygens (including phenoxy) is 1. The Morgan fingerprint density at radius 1 is 1.21 bits per heavy atom. The fourth-order valence-electron chi connectivity index (χ4n) is 2.91. The summed E-state index contributed by atoms with van der Waals surface area (Å²) in [6.45, 7) is -0.0505. The first-order valence-corrected chi connectivity index (χ1v) is 8.41. The Kier molecular flexibility index (Phi) is 5.36. The average Bonchev–Trinajstić information content (AvgIpc) is 3.08. The first kappa shape index (κ1) is 19.4. The lowest BCUT2D eigenvalue weighted by molar-refractivity contribution is -0.149. The van der Waals surface area contributed by atoms with E-state index in [1.54, 1.807) is 24.3 Å². The molecule has 0 bridgehead atoms. The molecule has 0 aliphatic carbocycles. The average molecular weight is 388 g/mol. The summed E-state index contributed by atoms with van der Waals surface area (Å²) in [5.74, 6) is -1.77. The summed E-state index contributed by atoms with van der Waals surface area (Å²) in [4.78, 5) is 25.6. The Hall–Kier alpha value is -3.34. The first-order chi connectivity index (χ1) is 13.3. The zero-order valence-electron chi connectivity index (χ0n) is 14.6. The van der Waals surface area contributed by atoms with E-state index >= 15 is 0 Å². The van der Waals surface area contributed by atoms with Crippen LogP contribution in [0.15, 0.2) is 48.5 Å². The molecule has 28 heavy (non-hydrogen) atoms. The molecule has 1 aliphatic heterocycles. The summed E-state index contributed by atoms with van der Waals surface area (Å²) >= 11 is 0. The van der Waals surface area contributed by atoms with Crippen molar-refractivity contribution in [2.45, 2.75) is 19.2 Å². The molecule has 1 saturated heterocycles. The van der Waals surface area contributed by atoms with Gasteiger partial charge in [0.1, 0.15) is 6.61 Å². The molecule has 0 saturated carbocycles. The summed E-state index contributed by atoms with van der Waals surface area (Å²) in [7, 11) is 0. The third-order valence-corrected chi connectivity index (χ3v) is 4.41. The molecule has 0 radical (unpaired) electrons. The van der Waals surface area contributed by atoms with Gasteiger partial charge in [-0.25, -0.2) is 0 Å². The van der Waals surface area contributed by atoms with Crippen LogP contribution in [0.1, 0.15) is 23.1 Å². The second kappa shape index (κ2) is 7.72. The van der Waals surface area contributed by atoms with Crippen LogP contribution in [0.4, 0.5) is 18.9 Å². The molecular formula is C20H15F3N2O3. The quantitative estimate of drug-likeness (QED) is 0.750. The standard InChI is InChI=1S/C20H15F3N2O3/c21-20(22,23)16-2-1-3-17(9-16)25-11-15(8-18(25)26)19(27)28-12-14-6-4-13(10-24)5-7-14/h1-7,9,15H,8,11-12H2/t15-/m0/s1. The normalized spacial score (nSPS) is 16.7. The van der Waals surface area contributed by atoms with Gasteiger partial charge >= 0.3 is 12.1 Å². The van der Waals surface area contributed by atoms with Crippen molar-refractivity contribution in [3.8, 4) is 6.07 Å². The molecule has 1 atom stereocenters. The van der Waals surface area contributed by atoms with Gasteiger partial charge in [0, 0.05) is 18.7 Å². The molecule has 0 N–H and O–H groups in total. The van der Waals surface area contributed by atoms with E-state index in [1.165, 1.54) is 17.0 Å². The molecule has 2 aromatic rings. The van der Waals surface area contributed by atoms with Gasteiger partial charge in [-0.05, 0) is 35.9 Å². The number of alkyl halides is 3. The Bertz CT molecular complexity index is 933. The second-order valence-electron chi connectivity index (χ2n) is 6.37. The molecular weight excluding hydrogens is 373 g/mol. The van der Waals surface area contributed by atoms with E-state index in [9.17, 15) is 22.8 Å². The molecule has 0 unspecified atom stereocenters. The fourth-order valence-corrected chi connectivity index (χ4v) is 2.91. The first-order valence-electron chi connectivity index (χ1n) is 8.41. The molecule has 3 rings (SSSR count). The number of anilines is 1. The van der Waals surface area contributed by atoms with Crippen molar-refractivity contribution in [3.63, 3.8) is 0 Å². The van der Waals surface area contributed by atoms with Crippen LogP contribution in [0.2, 0.25) is 0 Å². The fraction of sp³-hybridized carbons (Fsp3) is 0.250. The van der Waals surface area contributed by atoms with E-state index in [0.29, 0.717) is 11.1 Å². The molecule has 1 heterocycles. The molecule has 0 spiro atoms. The summed E-state index contributed by atoms with van der Waals surface area (Å²) in [6.07, 6.45) is -4.64. The maximum absolute atomic E-state index is 12.9. The Balaban J connectivity index is 1.63. The predicted molar refractivity (Wildman–Crippen MR) is 92.9 cm³/mol. The van der Waals surface area contributed by atoms with Crippen molar-refractivity contribution in [1.29, 1.82) is 5.26 Å². The highest BCUT2D eigenvalue weighted by molar-refractivity contribution is 5.99. The van der Waals surface area contributed by atoms with Gasteiger partial charge in [0.05, 0.1) is 23.1 Å². The van der Waals surface area contributed by atoms with Gasteiger partial charge in [-0.1, -0.05) is 18.2 Å². The van der Waals surface area contributed by atoms with Gasteiger partial charge in [-0.3, -0.25) is 9.59 Å². The van der Waals surface area contributed by atoms with Gasteiger partial charge in [0.25, 0.3) is 0 Å². The van der Waals surface area contributed by atoms with E-state index < -0.39 is 29.5 Å². The van der Waals surface area contributed by atoms with Crippen molar-refractivity contribution in [2.24, 2.45) is 5.92 Å². The number of amides is 1. The Labute approximate surface area is 158 Å². The van der Waals surface area contributed by atoms with Crippen molar-refractivity contribution in [3.05, 3.63) is 65.2 Å². The van der Waals surface area contributed by atoms with Gasteiger partial charge in [-0.2, -0.15) is 18.4 Å². The van der Waals surface area contributed by atoms with Gasteiger partial charge in [0.15, 0.2) is 0 Å². The van der Waals surface area contributed by atoms with Crippen molar-refractivity contribution in [2.75, 3.05) is 11.4 Å². The topological polar surface area (TPSA) is 70.4 Å². The SMILES string of the molecule is N#Cc1ccc(COC(=O)[C@H]2CC(=O)N(c3cccc(C(F)(F)F)c3)C2)cc1. The molecule has 2 aromatic carbocycles. The van der Waals surface area contributed by atoms with Crippen LogP contribution in [0.25, 0.3) is 0 Å². The lowest BCUT2D eigenvalue weighted by Gasteiger charge is -2.18. The minimum absolute atomic E-state index is 0.0151. The zero-order valence-corrected chi connectivity index (χ0v) is 14.6. The van der Waals surface area contributed by atoms with Gasteiger partial charge in [0.2, 0.25) is 5.91 Å². The van der Waals surface area contributed by atoms with Crippen LogP contribution in [0.3, 0.4) is 0 Å².